The van der Waals surface area contributed by atoms with Gasteiger partial charge in [0.05, 0.1) is 38.6 Å². The van der Waals surface area contributed by atoms with Gasteiger partial charge in [0.2, 0.25) is 0 Å². The molecule has 2 unspecified atom stereocenters. The third-order valence-corrected chi connectivity index (χ3v) is 19.1. The van der Waals surface area contributed by atoms with Gasteiger partial charge in [0, 0.05) is 88.6 Å². The van der Waals surface area contributed by atoms with Crippen molar-refractivity contribution in [1.82, 2.24) is 38.9 Å². The molecular weight excluding hydrogens is 1020 g/mol. The molecule has 13 nitrogen and oxygen atoms in total. The van der Waals surface area contributed by atoms with Gasteiger partial charge in [0.15, 0.2) is 11.3 Å². The standard InChI is InChI=1S/C31H43ClN6O2Si.C20H31IN4OSi/c1-20-13-21-7-8-22(14-20)38(21)27-15-33-29-24(16-36(30(29)34-27)19-40-11-12-41(4,5)6)23-9-10-26-25(28(23)32)17-37(35-26)18-31(2,3)39;1-14-9-15-5-6-16(10-14)25(15)18-11-22-19-17(21)12-24(20(19)23-18)13-26-7-8-27(2,3)4/h9-10,15-17,20-22,39H,7-8,11-14,18-19H2,1-6H3;11-12,14-16H,5-10,13H2,1-4H3/t20?,21-,22+;14?,15-,16+. The molecule has 0 spiro atoms. The van der Waals surface area contributed by atoms with E-state index in [1.165, 1.54) is 57.4 Å². The highest BCUT2D eigenvalue weighted by Gasteiger charge is 2.41. The third kappa shape index (κ3) is 11.2. The highest BCUT2D eigenvalue weighted by atomic mass is 127. The van der Waals surface area contributed by atoms with Crippen LogP contribution in [-0.4, -0.2) is 103 Å². The van der Waals surface area contributed by atoms with Crippen LogP contribution >= 0.6 is 34.2 Å². The number of anilines is 2. The van der Waals surface area contributed by atoms with E-state index in [0.29, 0.717) is 49.2 Å². The lowest BCUT2D eigenvalue weighted by atomic mass is 9.92. The third-order valence-electron chi connectivity index (χ3n) is 14.5. The average Bonchev–Trinajstić information content (AvgIpc) is 4.04. The van der Waals surface area contributed by atoms with Gasteiger partial charge in [0.1, 0.15) is 36.1 Å². The number of hydrogen-bond donors (Lipinski definition) is 1. The summed E-state index contributed by atoms with van der Waals surface area (Å²) >= 11 is 9.41. The van der Waals surface area contributed by atoms with Crippen LogP contribution in [0, 0.1) is 15.4 Å². The maximum atomic E-state index is 10.3. The summed E-state index contributed by atoms with van der Waals surface area (Å²) in [4.78, 5) is 25.2. The van der Waals surface area contributed by atoms with Gasteiger partial charge in [-0.15, -0.1) is 0 Å². The number of ether oxygens (including phenoxy) is 2. The number of aromatic nitrogens is 8. The van der Waals surface area contributed by atoms with Crippen LogP contribution in [0.5, 0.6) is 0 Å². The zero-order chi connectivity index (χ0) is 48.3. The summed E-state index contributed by atoms with van der Waals surface area (Å²) < 4.78 is 19.3. The Kier molecular flexibility index (Phi) is 14.5. The van der Waals surface area contributed by atoms with Crippen LogP contribution in [0.2, 0.25) is 56.4 Å². The largest absolute Gasteiger partial charge is 0.389 e. The van der Waals surface area contributed by atoms with Crippen LogP contribution in [0.15, 0.2) is 43.1 Å². The first-order valence-electron chi connectivity index (χ1n) is 25.2. The molecule has 17 heteroatoms. The number of nitrogens with zero attached hydrogens (tertiary/aromatic N) is 10. The van der Waals surface area contributed by atoms with Crippen molar-refractivity contribution in [1.29, 1.82) is 0 Å². The second-order valence-corrected chi connectivity index (χ2v) is 36.5. The smallest absolute Gasteiger partial charge is 0.164 e. The molecule has 0 saturated carbocycles. The van der Waals surface area contributed by atoms with Crippen molar-refractivity contribution in [2.75, 3.05) is 23.0 Å². The molecule has 0 amide bonds. The molecule has 4 bridgehead atoms. The summed E-state index contributed by atoms with van der Waals surface area (Å²) in [6.45, 7) is 25.5. The first-order chi connectivity index (χ1) is 32.2. The quantitative estimate of drug-likeness (QED) is 0.0604. The second-order valence-electron chi connectivity index (χ2n) is 23.7. The average molecular weight is 1090 g/mol. The Bertz CT molecular complexity index is 2710. The van der Waals surface area contributed by atoms with E-state index in [0.717, 1.165) is 90.7 Å². The summed E-state index contributed by atoms with van der Waals surface area (Å²) in [5.74, 6) is 3.62. The van der Waals surface area contributed by atoms with E-state index in [9.17, 15) is 5.11 Å². The fourth-order valence-corrected chi connectivity index (χ4v) is 13.7. The molecule has 0 radical (unpaired) electrons. The van der Waals surface area contributed by atoms with E-state index in [4.69, 9.17) is 41.0 Å². The van der Waals surface area contributed by atoms with E-state index in [1.807, 2.05) is 30.7 Å². The minimum atomic E-state index is -1.20. The molecule has 6 atom stereocenters. The summed E-state index contributed by atoms with van der Waals surface area (Å²) in [6, 6.07) is 8.67. The summed E-state index contributed by atoms with van der Waals surface area (Å²) in [7, 11) is -2.26. The van der Waals surface area contributed by atoms with Crippen LogP contribution in [-0.2, 0) is 29.5 Å². The van der Waals surface area contributed by atoms with E-state index in [2.05, 4.69) is 112 Å². The predicted octanol–water partition coefficient (Wildman–Crippen LogP) is 12.1. The Morgan fingerprint density at radius 1 is 0.706 bits per heavy atom. The molecule has 9 heterocycles. The molecule has 4 aliphatic rings. The number of rotatable bonds is 15. The molecule has 4 aliphatic heterocycles. The fourth-order valence-electron chi connectivity index (χ4n) is 11.2. The molecule has 1 aromatic carbocycles. The maximum absolute atomic E-state index is 10.3. The first kappa shape index (κ1) is 49.8. The van der Waals surface area contributed by atoms with Crippen molar-refractivity contribution >= 4 is 95.2 Å². The molecule has 4 fully saturated rings. The molecule has 68 heavy (non-hydrogen) atoms. The molecule has 6 aromatic rings. The van der Waals surface area contributed by atoms with Crippen LogP contribution in [0.3, 0.4) is 0 Å². The van der Waals surface area contributed by atoms with Crippen molar-refractivity contribution in [2.45, 2.75) is 180 Å². The lowest BCUT2D eigenvalue weighted by Gasteiger charge is -2.38. The molecule has 5 aromatic heterocycles. The van der Waals surface area contributed by atoms with E-state index >= 15 is 0 Å². The van der Waals surface area contributed by atoms with Gasteiger partial charge in [-0.05, 0) is 118 Å². The Balaban J connectivity index is 0.000000185. The van der Waals surface area contributed by atoms with Gasteiger partial charge >= 0.3 is 0 Å². The topological polar surface area (TPSA) is 124 Å². The van der Waals surface area contributed by atoms with E-state index < -0.39 is 21.7 Å². The minimum absolute atomic E-state index is 0.382. The monoisotopic (exact) mass is 1090 g/mol. The Morgan fingerprint density at radius 2 is 1.19 bits per heavy atom. The van der Waals surface area contributed by atoms with Crippen LogP contribution < -0.4 is 9.80 Å². The van der Waals surface area contributed by atoms with Crippen molar-refractivity contribution < 1.29 is 14.6 Å². The molecule has 4 saturated heterocycles. The molecule has 1 N–H and O–H groups in total. The highest BCUT2D eigenvalue weighted by Crippen LogP contribution is 2.44. The Labute approximate surface area is 423 Å². The van der Waals surface area contributed by atoms with E-state index in [-0.39, 0.29) is 0 Å². The van der Waals surface area contributed by atoms with Crippen LogP contribution in [0.1, 0.15) is 79.1 Å². The highest BCUT2D eigenvalue weighted by molar-refractivity contribution is 14.1. The van der Waals surface area contributed by atoms with Gasteiger partial charge in [-0.1, -0.05) is 70.8 Å². The number of benzene rings is 1. The van der Waals surface area contributed by atoms with Crippen molar-refractivity contribution in [2.24, 2.45) is 11.8 Å². The van der Waals surface area contributed by atoms with Crippen LogP contribution in [0.4, 0.5) is 11.6 Å². The zero-order valence-corrected chi connectivity index (χ0v) is 47.0. The molecule has 10 rings (SSSR count). The normalized spacial score (nSPS) is 23.1. The zero-order valence-electron chi connectivity index (χ0n) is 42.1. The number of fused-ring (bicyclic) bond motifs is 7. The predicted molar refractivity (Wildman–Crippen MR) is 291 cm³/mol. The number of hydrogen-bond acceptors (Lipinski definition) is 10. The van der Waals surface area contributed by atoms with Gasteiger partial charge in [-0.3, -0.25) is 4.68 Å². The van der Waals surface area contributed by atoms with Crippen molar-refractivity contribution in [3.05, 3.63) is 51.7 Å². The Hall–Kier alpha value is -3.14. The summed E-state index contributed by atoms with van der Waals surface area (Å²) in [5, 5.41) is 16.4. The van der Waals surface area contributed by atoms with Crippen molar-refractivity contribution in [3.63, 3.8) is 0 Å². The lowest BCUT2D eigenvalue weighted by molar-refractivity contribution is 0.0580. The minimum Gasteiger partial charge on any atom is -0.389 e. The number of halogens is 2. The van der Waals surface area contributed by atoms with Gasteiger partial charge in [-0.25, -0.2) is 19.9 Å². The number of aliphatic hydroxyl groups is 1. The summed E-state index contributed by atoms with van der Waals surface area (Å²) in [5.41, 5.74) is 5.35. The number of piperidine rings is 2. The molecular formula is C51H74ClIN10O3Si2. The van der Waals surface area contributed by atoms with Gasteiger partial charge in [-0.2, -0.15) is 5.10 Å². The second kappa shape index (κ2) is 19.8. The maximum Gasteiger partial charge on any atom is 0.164 e. The SMILES string of the molecule is CC1C[C@H]2CC[C@@H](C1)N2c1cnc2c(-c3ccc4nn(CC(C)(C)O)cc4c3Cl)cn(COCC[Si](C)(C)C)c2n1.CC1C[C@H]2CC[C@@H](C1)N2c1cnc2c(I)cn(COCC[Si](C)(C)C)c2n1. The molecule has 0 aliphatic carbocycles. The van der Waals surface area contributed by atoms with Gasteiger partial charge in [0.25, 0.3) is 0 Å². The lowest BCUT2D eigenvalue weighted by Crippen LogP contribution is -2.43. The molecule has 368 valence electrons. The summed E-state index contributed by atoms with van der Waals surface area (Å²) in [6.07, 6.45) is 20.1. The van der Waals surface area contributed by atoms with E-state index in [1.54, 1.807) is 18.5 Å². The van der Waals surface area contributed by atoms with Crippen LogP contribution in [0.25, 0.3) is 44.4 Å². The van der Waals surface area contributed by atoms with Crippen molar-refractivity contribution in [3.8, 4) is 11.1 Å². The van der Waals surface area contributed by atoms with Gasteiger partial charge < -0.3 is 33.5 Å². The first-order valence-corrected chi connectivity index (χ1v) is 34.0. The Morgan fingerprint density at radius 3 is 1.69 bits per heavy atom. The fraction of sp³-hybridized carbons (Fsp3) is 0.627.